The number of carbonyl (C=O) groups excluding carboxylic acids is 2. The van der Waals surface area contributed by atoms with Gasteiger partial charge in [0.15, 0.2) is 0 Å². The summed E-state index contributed by atoms with van der Waals surface area (Å²) in [6.07, 6.45) is 3.49. The molecule has 0 aromatic heterocycles. The highest BCUT2D eigenvalue weighted by molar-refractivity contribution is 6.35. The van der Waals surface area contributed by atoms with Crippen molar-refractivity contribution in [3.05, 3.63) is 58.7 Å². The fraction of sp³-hybridized carbons (Fsp3) is 0.364. The minimum absolute atomic E-state index is 0.763. The molecule has 0 saturated heterocycles. The van der Waals surface area contributed by atoms with Crippen LogP contribution in [0.2, 0.25) is 0 Å². The highest BCUT2D eigenvalue weighted by atomic mass is 16.2. The van der Waals surface area contributed by atoms with Crippen molar-refractivity contribution in [2.45, 2.75) is 53.4 Å². The largest absolute Gasteiger partial charge is 0.329 e. The van der Waals surface area contributed by atoms with E-state index in [1.165, 1.54) is 11.1 Å². The van der Waals surface area contributed by atoms with Gasteiger partial charge in [-0.15, -0.1) is 0 Å². The monoisotopic (exact) mass is 382 g/mol. The number of rotatable bonds is 8. The van der Waals surface area contributed by atoms with Gasteiger partial charge in [-0.1, -0.05) is 52.0 Å². The van der Waals surface area contributed by atoms with Crippen LogP contribution in [0.5, 0.6) is 0 Å². The molecule has 0 aliphatic rings. The highest BCUT2D eigenvalue weighted by Gasteiger charge is 2.15. The van der Waals surface area contributed by atoms with Crippen molar-refractivity contribution >= 4 is 23.2 Å². The second kappa shape index (κ2) is 10.3. The van der Waals surface area contributed by atoms with Crippen LogP contribution in [0.4, 0.5) is 11.4 Å². The molecule has 2 amide bonds. The van der Waals surface area contributed by atoms with Crippen LogP contribution in [0.3, 0.4) is 0 Å². The Morgan fingerprint density at radius 1 is 0.643 bits per heavy atom. The first-order chi connectivity index (χ1) is 13.5. The summed E-state index contributed by atoms with van der Waals surface area (Å²) in [4.78, 5) is 24.3. The van der Waals surface area contributed by atoms with Gasteiger partial charge in [0.25, 0.3) is 0 Å². The first kappa shape index (κ1) is 21.3. The first-order valence-electron chi connectivity index (χ1n) is 9.89. The summed E-state index contributed by atoms with van der Waals surface area (Å²) in [5.41, 5.74) is 17.0. The van der Waals surface area contributed by atoms with Gasteiger partial charge in [-0.05, 0) is 60.1 Å². The van der Waals surface area contributed by atoms with E-state index in [2.05, 4.69) is 61.5 Å². The van der Waals surface area contributed by atoms with Crippen molar-refractivity contribution in [2.75, 3.05) is 10.9 Å². The quantitative estimate of drug-likeness (QED) is 0.416. The molecule has 0 spiro atoms. The van der Waals surface area contributed by atoms with Gasteiger partial charge in [0.05, 0.1) is 11.4 Å². The van der Waals surface area contributed by atoms with Crippen LogP contribution in [-0.4, -0.2) is 11.8 Å². The Hall–Kier alpha value is -3.02. The van der Waals surface area contributed by atoms with Crippen molar-refractivity contribution < 1.29 is 9.59 Å². The average Bonchev–Trinajstić information content (AvgIpc) is 2.74. The van der Waals surface area contributed by atoms with Crippen molar-refractivity contribution in [3.63, 3.8) is 0 Å². The zero-order valence-corrected chi connectivity index (χ0v) is 17.1. The molecule has 2 aromatic carbocycles. The fourth-order valence-electron chi connectivity index (χ4n) is 3.36. The maximum absolute atomic E-state index is 12.1. The summed E-state index contributed by atoms with van der Waals surface area (Å²) in [6, 6.07) is 11.8. The topological polar surface area (TPSA) is 82.3 Å². The van der Waals surface area contributed by atoms with Crippen LogP contribution in [-0.2, 0) is 35.3 Å². The molecule has 6 nitrogen and oxygen atoms in total. The van der Waals surface area contributed by atoms with Crippen LogP contribution in [0.15, 0.2) is 36.4 Å². The number of benzene rings is 2. The van der Waals surface area contributed by atoms with Crippen molar-refractivity contribution in [1.29, 1.82) is 0 Å². The molecule has 0 radical (unpaired) electrons. The molecule has 28 heavy (non-hydrogen) atoms. The molecule has 2 rings (SSSR count). The smallest absolute Gasteiger partial charge is 0.298 e. The second-order valence-electron chi connectivity index (χ2n) is 6.46. The van der Waals surface area contributed by atoms with Gasteiger partial charge < -0.3 is 0 Å². The standard InChI is InChI=1S/C22H30N4O2/c1-5-15-11-9-13-19(17(15)7-3)23-25-21(27)22(28)26-24-20-14-10-12-16(6-2)18(20)8-4/h9-14,23-24H,5-8H2,1-4H3,(H,25,27)(H,26,28). The van der Waals surface area contributed by atoms with Gasteiger partial charge in [0.2, 0.25) is 0 Å². The van der Waals surface area contributed by atoms with Gasteiger partial charge in [0.1, 0.15) is 0 Å². The summed E-state index contributed by atoms with van der Waals surface area (Å²) in [5.74, 6) is -1.53. The Balaban J connectivity index is 1.97. The molecule has 0 fully saturated rings. The predicted octanol–water partition coefficient (Wildman–Crippen LogP) is 3.52. The molecule has 6 heteroatoms. The number of hydrogen-bond donors (Lipinski definition) is 4. The van der Waals surface area contributed by atoms with Gasteiger partial charge in [-0.25, -0.2) is 0 Å². The highest BCUT2D eigenvalue weighted by Crippen LogP contribution is 2.21. The molecule has 0 atom stereocenters. The SMILES string of the molecule is CCc1cccc(NNC(=O)C(=O)NNc2cccc(CC)c2CC)c1CC. The minimum Gasteiger partial charge on any atom is -0.298 e. The maximum Gasteiger partial charge on any atom is 0.329 e. The van der Waals surface area contributed by atoms with E-state index >= 15 is 0 Å². The molecule has 0 unspecified atom stereocenters. The van der Waals surface area contributed by atoms with Crippen LogP contribution >= 0.6 is 0 Å². The molecule has 0 aliphatic heterocycles. The number of anilines is 2. The van der Waals surface area contributed by atoms with Crippen LogP contribution in [0.1, 0.15) is 49.9 Å². The Morgan fingerprint density at radius 2 is 1.04 bits per heavy atom. The lowest BCUT2D eigenvalue weighted by atomic mass is 10.0. The summed E-state index contributed by atoms with van der Waals surface area (Å²) in [7, 11) is 0. The third kappa shape index (κ3) is 5.03. The number of nitrogens with one attached hydrogen (secondary N) is 4. The lowest BCUT2D eigenvalue weighted by Crippen LogP contribution is -2.44. The number of hydrazine groups is 2. The van der Waals surface area contributed by atoms with Gasteiger partial charge in [-0.2, -0.15) is 0 Å². The van der Waals surface area contributed by atoms with E-state index in [-0.39, 0.29) is 0 Å². The van der Waals surface area contributed by atoms with E-state index in [4.69, 9.17) is 0 Å². The Bertz CT molecular complexity index is 764. The number of hydrogen-bond acceptors (Lipinski definition) is 4. The van der Waals surface area contributed by atoms with E-state index in [9.17, 15) is 9.59 Å². The molecular weight excluding hydrogens is 352 g/mol. The summed E-state index contributed by atoms with van der Waals surface area (Å²) < 4.78 is 0. The van der Waals surface area contributed by atoms with Gasteiger partial charge in [-0.3, -0.25) is 31.3 Å². The fourth-order valence-corrected chi connectivity index (χ4v) is 3.36. The van der Waals surface area contributed by atoms with Crippen LogP contribution in [0, 0.1) is 0 Å². The number of aryl methyl sites for hydroxylation is 2. The van der Waals surface area contributed by atoms with Crippen LogP contribution < -0.4 is 21.7 Å². The summed E-state index contributed by atoms with van der Waals surface area (Å²) in [5, 5.41) is 0. The van der Waals surface area contributed by atoms with E-state index in [1.54, 1.807) is 0 Å². The lowest BCUT2D eigenvalue weighted by molar-refractivity contribution is -0.138. The average molecular weight is 383 g/mol. The van der Waals surface area contributed by atoms with Crippen molar-refractivity contribution in [1.82, 2.24) is 10.9 Å². The predicted molar refractivity (Wildman–Crippen MR) is 114 cm³/mol. The molecular formula is C22H30N4O2. The lowest BCUT2D eigenvalue weighted by Gasteiger charge is -2.16. The molecule has 150 valence electrons. The Morgan fingerprint density at radius 3 is 1.36 bits per heavy atom. The zero-order chi connectivity index (χ0) is 20.5. The molecule has 2 aromatic rings. The number of amides is 2. The normalized spacial score (nSPS) is 10.3. The third-order valence-corrected chi connectivity index (χ3v) is 4.84. The molecule has 0 heterocycles. The van der Waals surface area contributed by atoms with Gasteiger partial charge in [0, 0.05) is 0 Å². The van der Waals surface area contributed by atoms with Crippen LogP contribution in [0.25, 0.3) is 0 Å². The maximum atomic E-state index is 12.1. The molecule has 4 N–H and O–H groups in total. The third-order valence-electron chi connectivity index (χ3n) is 4.84. The van der Waals surface area contributed by atoms with E-state index in [0.29, 0.717) is 0 Å². The Labute approximate surface area is 167 Å². The molecule has 0 aliphatic carbocycles. The van der Waals surface area contributed by atoms with E-state index in [1.807, 2.05) is 24.3 Å². The first-order valence-corrected chi connectivity index (χ1v) is 9.89. The van der Waals surface area contributed by atoms with E-state index < -0.39 is 11.8 Å². The minimum atomic E-state index is -0.763. The molecule has 0 bridgehead atoms. The summed E-state index contributed by atoms with van der Waals surface area (Å²) >= 11 is 0. The zero-order valence-electron chi connectivity index (χ0n) is 17.1. The van der Waals surface area contributed by atoms with E-state index in [0.717, 1.165) is 48.2 Å². The summed E-state index contributed by atoms with van der Waals surface area (Å²) in [6.45, 7) is 8.31. The van der Waals surface area contributed by atoms with Crippen molar-refractivity contribution in [2.24, 2.45) is 0 Å². The Kier molecular flexibility index (Phi) is 7.87. The van der Waals surface area contributed by atoms with Gasteiger partial charge >= 0.3 is 11.8 Å². The second-order valence-corrected chi connectivity index (χ2v) is 6.46. The molecule has 0 saturated carbocycles. The van der Waals surface area contributed by atoms with Crippen molar-refractivity contribution in [3.8, 4) is 0 Å². The number of carbonyl (C=O) groups is 2.